The second-order valence-corrected chi connectivity index (χ2v) is 4.28. The van der Waals surface area contributed by atoms with E-state index in [1.54, 1.807) is 7.11 Å². The summed E-state index contributed by atoms with van der Waals surface area (Å²) in [7, 11) is 1.72. The van der Waals surface area contributed by atoms with E-state index in [1.165, 1.54) is 5.56 Å². The van der Waals surface area contributed by atoms with Gasteiger partial charge < -0.3 is 20.5 Å². The van der Waals surface area contributed by atoms with Gasteiger partial charge in [-0.3, -0.25) is 0 Å². The van der Waals surface area contributed by atoms with Crippen molar-refractivity contribution >= 4 is 5.69 Å². The Hall–Kier alpha value is -1.26. The molecule has 1 atom stereocenters. The standard InChI is InChI=1S/C13H20N2O2/c1-16-6-2-5-15-11-3-4-13-10(7-11)8-12(9-14)17-13/h3-4,7,12,15H,2,5-6,8-9,14H2,1H3. The number of fused-ring (bicyclic) bond motifs is 1. The molecule has 0 saturated heterocycles. The first kappa shape index (κ1) is 12.2. The minimum atomic E-state index is 0.147. The van der Waals surface area contributed by atoms with Gasteiger partial charge in [0, 0.05) is 38.9 Å². The number of benzene rings is 1. The van der Waals surface area contributed by atoms with Gasteiger partial charge in [-0.05, 0) is 30.2 Å². The fourth-order valence-electron chi connectivity index (χ4n) is 2.01. The Labute approximate surface area is 102 Å². The molecule has 0 aromatic heterocycles. The molecule has 0 fully saturated rings. The van der Waals surface area contributed by atoms with Gasteiger partial charge in [0.25, 0.3) is 0 Å². The van der Waals surface area contributed by atoms with Crippen LogP contribution >= 0.6 is 0 Å². The molecule has 94 valence electrons. The van der Waals surface area contributed by atoms with Crippen LogP contribution in [0.5, 0.6) is 5.75 Å². The third kappa shape index (κ3) is 3.11. The van der Waals surface area contributed by atoms with Gasteiger partial charge in [0.2, 0.25) is 0 Å². The Kier molecular flexibility index (Phi) is 4.23. The summed E-state index contributed by atoms with van der Waals surface area (Å²) < 4.78 is 10.7. The summed E-state index contributed by atoms with van der Waals surface area (Å²) >= 11 is 0. The van der Waals surface area contributed by atoms with Gasteiger partial charge in [-0.25, -0.2) is 0 Å². The third-order valence-corrected chi connectivity index (χ3v) is 2.92. The van der Waals surface area contributed by atoms with E-state index in [1.807, 2.05) is 12.1 Å². The van der Waals surface area contributed by atoms with E-state index in [4.69, 9.17) is 15.2 Å². The van der Waals surface area contributed by atoms with Crippen molar-refractivity contribution in [2.75, 3.05) is 32.1 Å². The molecule has 0 bridgehead atoms. The first-order valence-corrected chi connectivity index (χ1v) is 6.06. The van der Waals surface area contributed by atoms with Crippen LogP contribution in [0.4, 0.5) is 5.69 Å². The number of ether oxygens (including phenoxy) is 2. The van der Waals surface area contributed by atoms with E-state index in [9.17, 15) is 0 Å². The molecule has 1 aliphatic heterocycles. The molecule has 17 heavy (non-hydrogen) atoms. The van der Waals surface area contributed by atoms with Crippen molar-refractivity contribution < 1.29 is 9.47 Å². The number of hydrogen-bond donors (Lipinski definition) is 2. The zero-order valence-corrected chi connectivity index (χ0v) is 10.2. The van der Waals surface area contributed by atoms with Gasteiger partial charge in [0.1, 0.15) is 11.9 Å². The number of hydrogen-bond acceptors (Lipinski definition) is 4. The SMILES string of the molecule is COCCCNc1ccc2c(c1)CC(CN)O2. The molecule has 1 aromatic carbocycles. The second kappa shape index (κ2) is 5.89. The van der Waals surface area contributed by atoms with E-state index >= 15 is 0 Å². The summed E-state index contributed by atoms with van der Waals surface area (Å²) in [5.41, 5.74) is 8.00. The topological polar surface area (TPSA) is 56.5 Å². The van der Waals surface area contributed by atoms with Crippen LogP contribution < -0.4 is 15.8 Å². The molecule has 0 radical (unpaired) electrons. The largest absolute Gasteiger partial charge is 0.488 e. The predicted molar refractivity (Wildman–Crippen MR) is 68.6 cm³/mol. The second-order valence-electron chi connectivity index (χ2n) is 4.28. The minimum Gasteiger partial charge on any atom is -0.488 e. The van der Waals surface area contributed by atoms with E-state index in [-0.39, 0.29) is 6.10 Å². The van der Waals surface area contributed by atoms with Crippen molar-refractivity contribution in [3.8, 4) is 5.75 Å². The van der Waals surface area contributed by atoms with Crippen molar-refractivity contribution in [3.05, 3.63) is 23.8 Å². The maximum Gasteiger partial charge on any atom is 0.123 e. The van der Waals surface area contributed by atoms with Crippen molar-refractivity contribution in [1.29, 1.82) is 0 Å². The average molecular weight is 236 g/mol. The normalized spacial score (nSPS) is 17.6. The molecule has 0 amide bonds. The molecule has 1 aromatic rings. The van der Waals surface area contributed by atoms with Crippen LogP contribution in [0.15, 0.2) is 18.2 Å². The summed E-state index contributed by atoms with van der Waals surface area (Å²) in [6.45, 7) is 2.29. The average Bonchev–Trinajstić information content (AvgIpc) is 2.77. The number of nitrogens with one attached hydrogen (secondary N) is 1. The van der Waals surface area contributed by atoms with Crippen LogP contribution in [-0.2, 0) is 11.2 Å². The molecule has 1 unspecified atom stereocenters. The molecular formula is C13H20N2O2. The van der Waals surface area contributed by atoms with Crippen LogP contribution in [0, 0.1) is 0 Å². The van der Waals surface area contributed by atoms with E-state index in [0.717, 1.165) is 37.4 Å². The summed E-state index contributed by atoms with van der Waals surface area (Å²) in [6, 6.07) is 6.21. The highest BCUT2D eigenvalue weighted by Crippen LogP contribution is 2.30. The Bertz CT molecular complexity index is 368. The zero-order chi connectivity index (χ0) is 12.1. The van der Waals surface area contributed by atoms with Crippen LogP contribution in [0.2, 0.25) is 0 Å². The Morgan fingerprint density at radius 3 is 3.18 bits per heavy atom. The maximum absolute atomic E-state index is 5.68. The lowest BCUT2D eigenvalue weighted by Gasteiger charge is -2.07. The van der Waals surface area contributed by atoms with Gasteiger partial charge in [0.05, 0.1) is 0 Å². The lowest BCUT2D eigenvalue weighted by atomic mass is 10.1. The Balaban J connectivity index is 1.89. The quantitative estimate of drug-likeness (QED) is 0.733. The third-order valence-electron chi connectivity index (χ3n) is 2.92. The molecule has 1 heterocycles. The lowest BCUT2D eigenvalue weighted by molar-refractivity contribution is 0.198. The van der Waals surface area contributed by atoms with E-state index in [0.29, 0.717) is 6.54 Å². The summed E-state index contributed by atoms with van der Waals surface area (Å²) in [4.78, 5) is 0. The molecule has 2 rings (SSSR count). The van der Waals surface area contributed by atoms with Crippen LogP contribution in [-0.4, -0.2) is 32.9 Å². The summed E-state index contributed by atoms with van der Waals surface area (Å²) in [5.74, 6) is 0.975. The van der Waals surface area contributed by atoms with Gasteiger partial charge in [-0.2, -0.15) is 0 Å². The van der Waals surface area contributed by atoms with Crippen LogP contribution in [0.1, 0.15) is 12.0 Å². The van der Waals surface area contributed by atoms with Gasteiger partial charge in [-0.15, -0.1) is 0 Å². The first-order chi connectivity index (χ1) is 8.33. The molecule has 1 aliphatic rings. The van der Waals surface area contributed by atoms with E-state index in [2.05, 4.69) is 11.4 Å². The smallest absolute Gasteiger partial charge is 0.123 e. The highest BCUT2D eigenvalue weighted by molar-refractivity contribution is 5.52. The fourth-order valence-corrected chi connectivity index (χ4v) is 2.01. The molecule has 0 saturated carbocycles. The number of rotatable bonds is 6. The van der Waals surface area contributed by atoms with Gasteiger partial charge >= 0.3 is 0 Å². The van der Waals surface area contributed by atoms with Crippen molar-refractivity contribution in [2.24, 2.45) is 5.73 Å². The Morgan fingerprint density at radius 1 is 1.53 bits per heavy atom. The summed E-state index contributed by atoms with van der Waals surface area (Å²) in [6.07, 6.45) is 2.07. The monoisotopic (exact) mass is 236 g/mol. The highest BCUT2D eigenvalue weighted by Gasteiger charge is 2.21. The zero-order valence-electron chi connectivity index (χ0n) is 10.2. The minimum absolute atomic E-state index is 0.147. The van der Waals surface area contributed by atoms with Crippen molar-refractivity contribution in [2.45, 2.75) is 18.9 Å². The molecule has 0 aliphatic carbocycles. The highest BCUT2D eigenvalue weighted by atomic mass is 16.5. The molecular weight excluding hydrogens is 216 g/mol. The Morgan fingerprint density at radius 2 is 2.41 bits per heavy atom. The van der Waals surface area contributed by atoms with Gasteiger partial charge in [0.15, 0.2) is 0 Å². The van der Waals surface area contributed by atoms with Crippen molar-refractivity contribution in [3.63, 3.8) is 0 Å². The predicted octanol–water partition coefficient (Wildman–Crippen LogP) is 1.40. The molecule has 3 N–H and O–H groups in total. The number of methoxy groups -OCH3 is 1. The van der Waals surface area contributed by atoms with Gasteiger partial charge in [-0.1, -0.05) is 0 Å². The van der Waals surface area contributed by atoms with Crippen LogP contribution in [0.25, 0.3) is 0 Å². The molecule has 4 nitrogen and oxygen atoms in total. The molecule has 4 heteroatoms. The number of anilines is 1. The first-order valence-electron chi connectivity index (χ1n) is 6.06. The molecule has 0 spiro atoms. The van der Waals surface area contributed by atoms with Crippen molar-refractivity contribution in [1.82, 2.24) is 0 Å². The number of nitrogens with two attached hydrogens (primary N) is 1. The maximum atomic E-state index is 5.68. The summed E-state index contributed by atoms with van der Waals surface area (Å²) in [5, 5.41) is 3.38. The fraction of sp³-hybridized carbons (Fsp3) is 0.538. The lowest BCUT2D eigenvalue weighted by Crippen LogP contribution is -2.24. The van der Waals surface area contributed by atoms with Crippen LogP contribution in [0.3, 0.4) is 0 Å². The van der Waals surface area contributed by atoms with E-state index < -0.39 is 0 Å².